The van der Waals surface area contributed by atoms with Crippen LogP contribution in [0.2, 0.25) is 0 Å². The van der Waals surface area contributed by atoms with Gasteiger partial charge in [-0.1, -0.05) is 64.1 Å². The number of aliphatic hydroxyl groups is 1. The highest BCUT2D eigenvalue weighted by Gasteiger charge is 2.47. The third kappa shape index (κ3) is 4.44. The van der Waals surface area contributed by atoms with Crippen LogP contribution in [0, 0.1) is 0 Å². The molecule has 0 radical (unpaired) electrons. The van der Waals surface area contributed by atoms with Gasteiger partial charge in [0.05, 0.1) is 23.8 Å². The van der Waals surface area contributed by atoms with Crippen LogP contribution in [-0.2, 0) is 9.59 Å². The Balaban J connectivity index is 1.67. The number of Topliss-reactive ketones (excluding diaryl/α,β-unsaturated/α-hetero) is 1. The fourth-order valence-electron chi connectivity index (χ4n) is 5.15. The number of likely N-dealkylation sites (N-methyl/N-ethyl adjacent to an activating group) is 1. The minimum atomic E-state index is -0.758. The smallest absolute Gasteiger partial charge is 0.300 e. The zero-order valence-corrected chi connectivity index (χ0v) is 22.6. The monoisotopic (exact) mass is 510 g/mol. The number of carbonyl (C=O) groups excluding carboxylic acids is 2. The highest BCUT2D eigenvalue weighted by molar-refractivity contribution is 6.51. The number of fused-ring (bicyclic) bond motifs is 1. The van der Waals surface area contributed by atoms with Gasteiger partial charge in [-0.05, 0) is 58.9 Å². The Labute approximate surface area is 224 Å². The Kier molecular flexibility index (Phi) is 6.74. The Morgan fingerprint density at radius 2 is 1.50 bits per heavy atom. The summed E-state index contributed by atoms with van der Waals surface area (Å²) in [5.41, 5.74) is 5.07. The molecule has 2 aliphatic rings. The van der Waals surface area contributed by atoms with Crippen molar-refractivity contribution >= 4 is 28.8 Å². The van der Waals surface area contributed by atoms with Crippen molar-refractivity contribution in [1.82, 2.24) is 0 Å². The number of ether oxygens (including phenoxy) is 1. The van der Waals surface area contributed by atoms with Crippen molar-refractivity contribution in [3.63, 3.8) is 0 Å². The Hall–Kier alpha value is -4.06. The van der Waals surface area contributed by atoms with Crippen molar-refractivity contribution < 1.29 is 19.4 Å². The Bertz CT molecular complexity index is 1400. The van der Waals surface area contributed by atoms with Gasteiger partial charge in [0, 0.05) is 18.3 Å². The van der Waals surface area contributed by atoms with Crippen LogP contribution < -0.4 is 14.5 Å². The van der Waals surface area contributed by atoms with Gasteiger partial charge < -0.3 is 14.7 Å². The summed E-state index contributed by atoms with van der Waals surface area (Å²) in [6, 6.07) is 20.2. The quantitative estimate of drug-likeness (QED) is 0.245. The van der Waals surface area contributed by atoms with Crippen molar-refractivity contribution in [3.05, 3.63) is 94.6 Å². The van der Waals surface area contributed by atoms with Crippen molar-refractivity contribution in [2.24, 2.45) is 0 Å². The summed E-state index contributed by atoms with van der Waals surface area (Å²) in [7, 11) is 1.96. The molecule has 0 aliphatic carbocycles. The first-order valence-corrected chi connectivity index (χ1v) is 13.2. The molecule has 0 bridgehead atoms. The van der Waals surface area contributed by atoms with Crippen LogP contribution in [0.15, 0.2) is 72.3 Å². The summed E-state index contributed by atoms with van der Waals surface area (Å²) in [5, 5.41) is 11.6. The first-order valence-electron chi connectivity index (χ1n) is 13.2. The average molecular weight is 511 g/mol. The van der Waals surface area contributed by atoms with Gasteiger partial charge in [-0.25, -0.2) is 0 Å². The lowest BCUT2D eigenvalue weighted by atomic mass is 9.92. The van der Waals surface area contributed by atoms with Crippen molar-refractivity contribution in [1.29, 1.82) is 0 Å². The number of benzene rings is 3. The Morgan fingerprint density at radius 1 is 0.895 bits per heavy atom. The third-order valence-electron chi connectivity index (χ3n) is 7.53. The second-order valence-corrected chi connectivity index (χ2v) is 10.7. The molecule has 2 aliphatic heterocycles. The number of rotatable bonds is 5. The molecule has 1 saturated heterocycles. The van der Waals surface area contributed by atoms with Crippen LogP contribution in [0.3, 0.4) is 0 Å². The number of ketones is 1. The topological polar surface area (TPSA) is 70.1 Å². The minimum absolute atomic E-state index is 0.0829. The number of aliphatic hydroxyl groups excluding tert-OH is 1. The van der Waals surface area contributed by atoms with Crippen LogP contribution in [0.4, 0.5) is 11.4 Å². The van der Waals surface area contributed by atoms with Gasteiger partial charge in [0.25, 0.3) is 11.7 Å². The second kappa shape index (κ2) is 10.0. The van der Waals surface area contributed by atoms with E-state index >= 15 is 0 Å². The van der Waals surface area contributed by atoms with Crippen molar-refractivity contribution in [2.75, 3.05) is 30.0 Å². The van der Waals surface area contributed by atoms with E-state index in [1.54, 1.807) is 12.1 Å². The van der Waals surface area contributed by atoms with Crippen LogP contribution in [0.1, 0.15) is 67.8 Å². The maximum atomic E-state index is 13.5. The maximum Gasteiger partial charge on any atom is 0.300 e. The molecule has 1 atom stereocenters. The molecule has 1 amide bonds. The van der Waals surface area contributed by atoms with E-state index in [1.807, 2.05) is 66.5 Å². The van der Waals surface area contributed by atoms with Crippen molar-refractivity contribution in [3.8, 4) is 5.75 Å². The van der Waals surface area contributed by atoms with Crippen LogP contribution in [-0.4, -0.2) is 37.0 Å². The summed E-state index contributed by atoms with van der Waals surface area (Å²) in [6.07, 6.45) is 0. The van der Waals surface area contributed by atoms with Gasteiger partial charge in [-0.2, -0.15) is 0 Å². The molecular formula is C32H34N2O4. The van der Waals surface area contributed by atoms with Crippen LogP contribution >= 0.6 is 0 Å². The van der Waals surface area contributed by atoms with Gasteiger partial charge in [0.1, 0.15) is 18.1 Å². The molecule has 6 heteroatoms. The lowest BCUT2D eigenvalue weighted by Gasteiger charge is -2.28. The average Bonchev–Trinajstić information content (AvgIpc) is 3.18. The number of hydrogen-bond acceptors (Lipinski definition) is 5. The fourth-order valence-corrected chi connectivity index (χ4v) is 5.15. The van der Waals surface area contributed by atoms with Gasteiger partial charge in [-0.15, -0.1) is 0 Å². The molecule has 5 rings (SSSR count). The molecule has 1 N–H and O–H groups in total. The van der Waals surface area contributed by atoms with Gasteiger partial charge >= 0.3 is 0 Å². The van der Waals surface area contributed by atoms with E-state index in [9.17, 15) is 14.7 Å². The zero-order chi connectivity index (χ0) is 27.1. The van der Waals surface area contributed by atoms with E-state index in [-0.39, 0.29) is 11.3 Å². The summed E-state index contributed by atoms with van der Waals surface area (Å²) in [5.74, 6) is -0.138. The number of hydrogen-bond donors (Lipinski definition) is 1. The number of anilines is 2. The van der Waals surface area contributed by atoms with E-state index in [4.69, 9.17) is 4.74 Å². The standard InChI is InChI=1S/C32H34N2O4/c1-19(2)21-6-8-23(9-7-21)29-28(30(35)24-12-15-27-26(18-24)33(5)16-17-38-27)31(36)32(37)34(29)25-13-10-22(11-14-25)20(3)4/h6-15,18-20,29,35H,16-17H2,1-5H3/b30-28-. The van der Waals surface area contributed by atoms with E-state index in [0.717, 1.165) is 34.7 Å². The molecule has 0 saturated carbocycles. The number of nitrogens with zero attached hydrogens (tertiary/aromatic N) is 2. The van der Waals surface area contributed by atoms with E-state index in [0.29, 0.717) is 29.7 Å². The molecule has 3 aromatic carbocycles. The molecule has 196 valence electrons. The predicted molar refractivity (Wildman–Crippen MR) is 151 cm³/mol. The summed E-state index contributed by atoms with van der Waals surface area (Å²) in [4.78, 5) is 30.6. The first-order chi connectivity index (χ1) is 18.2. The highest BCUT2D eigenvalue weighted by atomic mass is 16.5. The van der Waals surface area contributed by atoms with E-state index < -0.39 is 17.7 Å². The van der Waals surface area contributed by atoms with Crippen molar-refractivity contribution in [2.45, 2.75) is 45.6 Å². The summed E-state index contributed by atoms with van der Waals surface area (Å²) >= 11 is 0. The van der Waals surface area contributed by atoms with E-state index in [1.165, 1.54) is 4.90 Å². The van der Waals surface area contributed by atoms with E-state index in [2.05, 4.69) is 27.7 Å². The summed E-state index contributed by atoms with van der Waals surface area (Å²) < 4.78 is 5.75. The van der Waals surface area contributed by atoms with Gasteiger partial charge in [-0.3, -0.25) is 14.5 Å². The van der Waals surface area contributed by atoms with Gasteiger partial charge in [0.2, 0.25) is 0 Å². The lowest BCUT2D eigenvalue weighted by Crippen LogP contribution is -2.29. The lowest BCUT2D eigenvalue weighted by molar-refractivity contribution is -0.132. The normalized spacial score (nSPS) is 18.8. The molecule has 0 aromatic heterocycles. The molecule has 6 nitrogen and oxygen atoms in total. The largest absolute Gasteiger partial charge is 0.507 e. The molecule has 38 heavy (non-hydrogen) atoms. The number of amides is 1. The highest BCUT2D eigenvalue weighted by Crippen LogP contribution is 2.43. The maximum absolute atomic E-state index is 13.5. The second-order valence-electron chi connectivity index (χ2n) is 10.7. The van der Waals surface area contributed by atoms with Crippen LogP contribution in [0.5, 0.6) is 5.75 Å². The molecule has 1 unspecified atom stereocenters. The fraction of sp³-hybridized carbons (Fsp3) is 0.312. The molecular weight excluding hydrogens is 476 g/mol. The van der Waals surface area contributed by atoms with Crippen LogP contribution in [0.25, 0.3) is 5.76 Å². The predicted octanol–water partition coefficient (Wildman–Crippen LogP) is 6.39. The Morgan fingerprint density at radius 3 is 2.11 bits per heavy atom. The van der Waals surface area contributed by atoms with Gasteiger partial charge in [0.15, 0.2) is 0 Å². The first kappa shape index (κ1) is 25.6. The zero-order valence-electron chi connectivity index (χ0n) is 22.6. The molecule has 0 spiro atoms. The molecule has 2 heterocycles. The molecule has 3 aromatic rings. The SMILES string of the molecule is CC(C)c1ccc(C2/C(=C(/O)c3ccc4c(c3)N(C)CCO4)C(=O)C(=O)N2c2ccc(C(C)C)cc2)cc1. The number of carbonyl (C=O) groups is 2. The third-order valence-corrected chi connectivity index (χ3v) is 7.53. The summed E-state index contributed by atoms with van der Waals surface area (Å²) in [6.45, 7) is 9.76. The minimum Gasteiger partial charge on any atom is -0.507 e. The molecule has 1 fully saturated rings.